The lowest BCUT2D eigenvalue weighted by Crippen LogP contribution is -2.40. The highest BCUT2D eigenvalue weighted by molar-refractivity contribution is 9.10. The molecule has 0 spiro atoms. The zero-order chi connectivity index (χ0) is 13.8. The van der Waals surface area contributed by atoms with Crippen LogP contribution in [-0.2, 0) is 0 Å². The lowest BCUT2D eigenvalue weighted by molar-refractivity contribution is 0.473. The normalized spacial score (nSPS) is 23.8. The van der Waals surface area contributed by atoms with Gasteiger partial charge in [0.25, 0.3) is 0 Å². The lowest BCUT2D eigenvalue weighted by atomic mass is 10.1. The predicted molar refractivity (Wildman–Crippen MR) is 82.3 cm³/mol. The summed E-state index contributed by atoms with van der Waals surface area (Å²) < 4.78 is 1.14. The van der Waals surface area contributed by atoms with E-state index in [1.165, 1.54) is 11.3 Å². The molecule has 1 N–H and O–H groups in total. The van der Waals surface area contributed by atoms with Gasteiger partial charge in [0, 0.05) is 29.6 Å². The number of hydrogen-bond donors (Lipinski definition) is 1. The van der Waals surface area contributed by atoms with Gasteiger partial charge in [0.2, 0.25) is 0 Å². The Hall–Kier alpha value is -1.05. The van der Waals surface area contributed by atoms with E-state index in [4.69, 9.17) is 5.26 Å². The highest BCUT2D eigenvalue weighted by atomic mass is 79.9. The van der Waals surface area contributed by atoms with E-state index in [9.17, 15) is 0 Å². The molecular weight excluding hydrogens is 302 g/mol. The third-order valence-corrected chi connectivity index (χ3v) is 4.21. The maximum absolute atomic E-state index is 8.93. The van der Waals surface area contributed by atoms with E-state index in [1.807, 2.05) is 0 Å². The number of nitriles is 1. The van der Waals surface area contributed by atoms with Crippen molar-refractivity contribution in [2.24, 2.45) is 0 Å². The molecule has 0 amide bonds. The number of nitrogens with one attached hydrogen (secondary N) is 1. The summed E-state index contributed by atoms with van der Waals surface area (Å²) in [5.74, 6) is 0. The van der Waals surface area contributed by atoms with Crippen LogP contribution in [0.15, 0.2) is 22.7 Å². The molecule has 0 bridgehead atoms. The Balaban J connectivity index is 2.20. The number of rotatable bonds is 2. The van der Waals surface area contributed by atoms with Crippen molar-refractivity contribution in [2.45, 2.75) is 38.8 Å². The van der Waals surface area contributed by atoms with Crippen molar-refractivity contribution in [1.82, 2.24) is 5.32 Å². The third kappa shape index (κ3) is 3.71. The first-order valence-electron chi connectivity index (χ1n) is 6.74. The van der Waals surface area contributed by atoms with Crippen molar-refractivity contribution in [3.8, 4) is 6.07 Å². The van der Waals surface area contributed by atoms with Gasteiger partial charge in [-0.3, -0.25) is 0 Å². The van der Waals surface area contributed by atoms with Crippen LogP contribution >= 0.6 is 15.9 Å². The summed E-state index contributed by atoms with van der Waals surface area (Å²) in [7, 11) is 0. The molecular formula is C15H20BrN3. The highest BCUT2D eigenvalue weighted by Crippen LogP contribution is 2.28. The van der Waals surface area contributed by atoms with Crippen LogP contribution in [0.5, 0.6) is 0 Å². The zero-order valence-electron chi connectivity index (χ0n) is 11.5. The summed E-state index contributed by atoms with van der Waals surface area (Å²) in [4.78, 5) is 2.38. The van der Waals surface area contributed by atoms with Gasteiger partial charge in [0.15, 0.2) is 0 Å². The molecule has 2 unspecified atom stereocenters. The van der Waals surface area contributed by atoms with Gasteiger partial charge in [-0.2, -0.15) is 5.26 Å². The maximum atomic E-state index is 8.93. The van der Waals surface area contributed by atoms with Crippen LogP contribution < -0.4 is 10.2 Å². The van der Waals surface area contributed by atoms with Crippen LogP contribution in [0.1, 0.15) is 25.3 Å². The molecule has 0 radical (unpaired) electrons. The van der Waals surface area contributed by atoms with Crippen LogP contribution in [0, 0.1) is 18.3 Å². The van der Waals surface area contributed by atoms with Gasteiger partial charge in [-0.15, -0.1) is 0 Å². The minimum Gasteiger partial charge on any atom is -0.369 e. The van der Waals surface area contributed by atoms with Gasteiger partial charge in [-0.25, -0.2) is 0 Å². The number of anilines is 1. The molecule has 1 fully saturated rings. The topological polar surface area (TPSA) is 39.1 Å². The number of halogens is 1. The summed E-state index contributed by atoms with van der Waals surface area (Å²) in [5.41, 5.74) is 2.48. The minimum absolute atomic E-state index is 0.246. The number of hydrogen-bond acceptors (Lipinski definition) is 3. The first kappa shape index (κ1) is 14.4. The summed E-state index contributed by atoms with van der Waals surface area (Å²) in [5, 5.41) is 12.5. The Morgan fingerprint density at radius 2 is 2.32 bits per heavy atom. The van der Waals surface area contributed by atoms with Crippen molar-refractivity contribution < 1.29 is 0 Å². The molecule has 2 atom stereocenters. The second-order valence-electron chi connectivity index (χ2n) is 5.32. The minimum atomic E-state index is 0.246. The summed E-state index contributed by atoms with van der Waals surface area (Å²) in [6, 6.07) is 9.45. The van der Waals surface area contributed by atoms with E-state index in [0.717, 1.165) is 24.0 Å². The predicted octanol–water partition coefficient (Wildman–Crippen LogP) is 3.23. The maximum Gasteiger partial charge on any atom is 0.0638 e. The van der Waals surface area contributed by atoms with Gasteiger partial charge < -0.3 is 10.2 Å². The quantitative estimate of drug-likeness (QED) is 0.909. The van der Waals surface area contributed by atoms with Gasteiger partial charge in [0.1, 0.15) is 0 Å². The van der Waals surface area contributed by atoms with Crippen molar-refractivity contribution >= 4 is 21.6 Å². The molecule has 0 aliphatic carbocycles. The van der Waals surface area contributed by atoms with Crippen LogP contribution in [0.25, 0.3) is 0 Å². The van der Waals surface area contributed by atoms with E-state index < -0.39 is 0 Å². The van der Waals surface area contributed by atoms with Crippen LogP contribution in [0.3, 0.4) is 0 Å². The molecule has 1 aliphatic heterocycles. The molecule has 0 aromatic heterocycles. The van der Waals surface area contributed by atoms with Crippen LogP contribution in [-0.4, -0.2) is 25.2 Å². The van der Waals surface area contributed by atoms with E-state index in [0.29, 0.717) is 12.5 Å². The smallest absolute Gasteiger partial charge is 0.0638 e. The van der Waals surface area contributed by atoms with E-state index in [2.05, 4.69) is 64.3 Å². The SMILES string of the molecule is Cc1ccc(N2CCC(C)NC(CC#N)C2)c(Br)c1. The average molecular weight is 322 g/mol. The fourth-order valence-electron chi connectivity index (χ4n) is 2.57. The summed E-state index contributed by atoms with van der Waals surface area (Å²) in [6.45, 7) is 6.20. The molecule has 1 saturated heterocycles. The molecule has 2 rings (SSSR count). The second kappa shape index (κ2) is 6.40. The van der Waals surface area contributed by atoms with Gasteiger partial charge in [-0.05, 0) is 53.9 Å². The molecule has 102 valence electrons. The Kier molecular flexibility index (Phi) is 4.84. The monoisotopic (exact) mass is 321 g/mol. The van der Waals surface area contributed by atoms with E-state index in [-0.39, 0.29) is 6.04 Å². The molecule has 1 aromatic rings. The van der Waals surface area contributed by atoms with Gasteiger partial charge in [0.05, 0.1) is 18.2 Å². The van der Waals surface area contributed by atoms with E-state index in [1.54, 1.807) is 0 Å². The van der Waals surface area contributed by atoms with Crippen LogP contribution in [0.4, 0.5) is 5.69 Å². The molecule has 1 aromatic carbocycles. The van der Waals surface area contributed by atoms with Gasteiger partial charge in [-0.1, -0.05) is 6.07 Å². The molecule has 0 saturated carbocycles. The molecule has 3 nitrogen and oxygen atoms in total. The number of aryl methyl sites for hydroxylation is 1. The Bertz CT molecular complexity index is 481. The van der Waals surface area contributed by atoms with E-state index >= 15 is 0 Å². The second-order valence-corrected chi connectivity index (χ2v) is 6.17. The van der Waals surface area contributed by atoms with Crippen molar-refractivity contribution in [3.05, 3.63) is 28.2 Å². The Labute approximate surface area is 123 Å². The first-order valence-corrected chi connectivity index (χ1v) is 7.53. The lowest BCUT2D eigenvalue weighted by Gasteiger charge is -2.26. The Morgan fingerprint density at radius 3 is 3.00 bits per heavy atom. The number of benzene rings is 1. The molecule has 19 heavy (non-hydrogen) atoms. The largest absolute Gasteiger partial charge is 0.369 e. The van der Waals surface area contributed by atoms with Crippen LogP contribution in [0.2, 0.25) is 0 Å². The van der Waals surface area contributed by atoms with Crippen molar-refractivity contribution in [3.63, 3.8) is 0 Å². The highest BCUT2D eigenvalue weighted by Gasteiger charge is 2.22. The van der Waals surface area contributed by atoms with Gasteiger partial charge >= 0.3 is 0 Å². The fraction of sp³-hybridized carbons (Fsp3) is 0.533. The average Bonchev–Trinajstić information content (AvgIpc) is 2.52. The molecule has 4 heteroatoms. The van der Waals surface area contributed by atoms with Crippen molar-refractivity contribution in [1.29, 1.82) is 5.26 Å². The summed E-state index contributed by atoms with van der Waals surface area (Å²) in [6.07, 6.45) is 1.66. The van der Waals surface area contributed by atoms with Crippen molar-refractivity contribution in [2.75, 3.05) is 18.0 Å². The third-order valence-electron chi connectivity index (χ3n) is 3.57. The molecule has 1 aliphatic rings. The number of nitrogens with zero attached hydrogens (tertiary/aromatic N) is 2. The fourth-order valence-corrected chi connectivity index (χ4v) is 3.31. The summed E-state index contributed by atoms with van der Waals surface area (Å²) >= 11 is 3.66. The standard InChI is InChI=1S/C15H20BrN3/c1-11-3-4-15(14(16)9-11)19-8-6-12(2)18-13(10-19)5-7-17/h3-4,9,12-13,18H,5-6,8,10H2,1-2H3. The Morgan fingerprint density at radius 1 is 1.53 bits per heavy atom. The molecule has 1 heterocycles. The first-order chi connectivity index (χ1) is 9.10. The zero-order valence-corrected chi connectivity index (χ0v) is 13.1.